The quantitative estimate of drug-likeness (QED) is 0.795. The average Bonchev–Trinajstić information content (AvgIpc) is 2.55. The monoisotopic (exact) mass is 339 g/mol. The molecule has 0 bridgehead atoms. The van der Waals surface area contributed by atoms with Crippen LogP contribution in [0, 0.1) is 6.92 Å². The summed E-state index contributed by atoms with van der Waals surface area (Å²) in [6.07, 6.45) is 1.53. The molecule has 24 heavy (non-hydrogen) atoms. The second-order valence-corrected chi connectivity index (χ2v) is 5.71. The molecule has 1 heterocycles. The summed E-state index contributed by atoms with van der Waals surface area (Å²) in [5, 5.41) is 7.28. The van der Waals surface area contributed by atoms with E-state index in [1.54, 1.807) is 24.3 Å². The topological polar surface area (TPSA) is 64.0 Å². The maximum Gasteiger partial charge on any atom is 0.280 e. The highest BCUT2D eigenvalue weighted by Crippen LogP contribution is 2.15. The first-order valence-corrected chi connectivity index (χ1v) is 7.65. The third kappa shape index (κ3) is 3.52. The number of hydrogen-bond donors (Lipinski definition) is 1. The molecule has 1 aromatic heterocycles. The Balaban J connectivity index is 1.94. The first kappa shape index (κ1) is 16.0. The fourth-order valence-corrected chi connectivity index (χ4v) is 2.43. The van der Waals surface area contributed by atoms with Gasteiger partial charge in [-0.25, -0.2) is 4.68 Å². The number of aryl methyl sites for hydroxylation is 1. The third-order valence-electron chi connectivity index (χ3n) is 3.37. The maximum atomic E-state index is 12.4. The van der Waals surface area contributed by atoms with Crippen LogP contribution in [0.4, 0.5) is 5.69 Å². The van der Waals surface area contributed by atoms with Gasteiger partial charge in [0, 0.05) is 23.0 Å². The molecular formula is C18H14ClN3O2. The van der Waals surface area contributed by atoms with E-state index in [-0.39, 0.29) is 5.69 Å². The second kappa shape index (κ2) is 6.68. The van der Waals surface area contributed by atoms with Crippen LogP contribution in [-0.4, -0.2) is 15.7 Å². The van der Waals surface area contributed by atoms with E-state index < -0.39 is 11.3 Å². The molecule has 120 valence electrons. The predicted octanol–water partition coefficient (Wildman–Crippen LogP) is 3.45. The highest BCUT2D eigenvalue weighted by atomic mass is 35.5. The number of carbonyl (C=O) groups is 1. The Labute approximate surface area is 143 Å². The molecule has 3 aromatic rings. The van der Waals surface area contributed by atoms with Crippen molar-refractivity contribution in [1.82, 2.24) is 9.78 Å². The Morgan fingerprint density at radius 2 is 1.92 bits per heavy atom. The summed E-state index contributed by atoms with van der Waals surface area (Å²) >= 11 is 5.89. The Kier molecular flexibility index (Phi) is 4.44. The number of nitrogens with one attached hydrogen (secondary N) is 1. The second-order valence-electron chi connectivity index (χ2n) is 5.28. The Bertz CT molecular complexity index is 966. The zero-order valence-electron chi connectivity index (χ0n) is 12.9. The van der Waals surface area contributed by atoms with Crippen molar-refractivity contribution in [2.24, 2.45) is 0 Å². The van der Waals surface area contributed by atoms with Gasteiger partial charge in [-0.2, -0.15) is 5.10 Å². The zero-order chi connectivity index (χ0) is 17.1. The fourth-order valence-electron chi connectivity index (χ4n) is 2.24. The van der Waals surface area contributed by atoms with Gasteiger partial charge in [0.05, 0.1) is 5.69 Å². The van der Waals surface area contributed by atoms with Crippen molar-refractivity contribution < 1.29 is 4.79 Å². The number of carbonyl (C=O) groups excluding carboxylic acids is 1. The van der Waals surface area contributed by atoms with E-state index in [9.17, 15) is 9.59 Å². The van der Waals surface area contributed by atoms with Gasteiger partial charge in [-0.3, -0.25) is 9.59 Å². The minimum absolute atomic E-state index is 0.181. The molecule has 0 saturated heterocycles. The molecule has 2 aromatic carbocycles. The standard InChI is InChI=1S/C18H14ClN3O2/c1-12-4-2-7-15(10-12)22-9-8-16(23)17(21-22)18(24)20-14-6-3-5-13(19)11-14/h2-11H,1H3,(H,20,24). The number of halogens is 1. The molecule has 0 aliphatic rings. The molecule has 5 nitrogen and oxygen atoms in total. The molecule has 0 atom stereocenters. The lowest BCUT2D eigenvalue weighted by atomic mass is 10.2. The molecule has 0 fully saturated rings. The van der Waals surface area contributed by atoms with Crippen LogP contribution in [-0.2, 0) is 0 Å². The number of amides is 1. The number of nitrogens with zero attached hydrogens (tertiary/aromatic N) is 2. The highest BCUT2D eigenvalue weighted by Gasteiger charge is 2.14. The molecule has 3 rings (SSSR count). The van der Waals surface area contributed by atoms with Crippen LogP contribution in [0.2, 0.25) is 5.02 Å². The van der Waals surface area contributed by atoms with E-state index in [0.717, 1.165) is 11.3 Å². The van der Waals surface area contributed by atoms with E-state index >= 15 is 0 Å². The molecule has 0 aliphatic carbocycles. The lowest BCUT2D eigenvalue weighted by molar-refractivity contribution is 0.101. The summed E-state index contributed by atoms with van der Waals surface area (Å²) in [6, 6.07) is 15.6. The number of rotatable bonds is 3. The lowest BCUT2D eigenvalue weighted by Gasteiger charge is -2.09. The Hall–Kier alpha value is -2.92. The molecular weight excluding hydrogens is 326 g/mol. The summed E-state index contributed by atoms with van der Waals surface area (Å²) in [5.41, 5.74) is 1.70. The van der Waals surface area contributed by atoms with E-state index in [1.807, 2.05) is 31.2 Å². The highest BCUT2D eigenvalue weighted by molar-refractivity contribution is 6.30. The first-order valence-electron chi connectivity index (χ1n) is 7.27. The largest absolute Gasteiger partial charge is 0.320 e. The van der Waals surface area contributed by atoms with Gasteiger partial charge in [0.1, 0.15) is 0 Å². The van der Waals surface area contributed by atoms with Gasteiger partial charge in [0.2, 0.25) is 5.43 Å². The van der Waals surface area contributed by atoms with E-state index in [4.69, 9.17) is 11.6 Å². The van der Waals surface area contributed by atoms with E-state index in [2.05, 4.69) is 10.4 Å². The number of benzene rings is 2. The summed E-state index contributed by atoms with van der Waals surface area (Å²) in [5.74, 6) is -0.579. The van der Waals surface area contributed by atoms with Gasteiger partial charge in [-0.15, -0.1) is 0 Å². The predicted molar refractivity (Wildman–Crippen MR) is 94.0 cm³/mol. The van der Waals surface area contributed by atoms with Crippen LogP contribution in [0.5, 0.6) is 0 Å². The molecule has 6 heteroatoms. The number of anilines is 1. The van der Waals surface area contributed by atoms with Gasteiger partial charge in [-0.05, 0) is 42.8 Å². The van der Waals surface area contributed by atoms with Crippen LogP contribution in [0.1, 0.15) is 16.1 Å². The third-order valence-corrected chi connectivity index (χ3v) is 3.61. The van der Waals surface area contributed by atoms with Crippen LogP contribution in [0.3, 0.4) is 0 Å². The zero-order valence-corrected chi connectivity index (χ0v) is 13.6. The van der Waals surface area contributed by atoms with Crippen molar-refractivity contribution in [3.05, 3.63) is 87.3 Å². The van der Waals surface area contributed by atoms with Crippen molar-refractivity contribution >= 4 is 23.2 Å². The molecule has 0 aliphatic heterocycles. The molecule has 0 spiro atoms. The van der Waals surface area contributed by atoms with Crippen LogP contribution >= 0.6 is 11.6 Å². The van der Waals surface area contributed by atoms with Gasteiger partial charge in [0.15, 0.2) is 5.69 Å². The number of hydrogen-bond acceptors (Lipinski definition) is 3. The summed E-state index contributed by atoms with van der Waals surface area (Å²) < 4.78 is 1.50. The van der Waals surface area contributed by atoms with Crippen molar-refractivity contribution in [2.75, 3.05) is 5.32 Å². The molecule has 1 amide bonds. The summed E-state index contributed by atoms with van der Waals surface area (Å²) in [6.45, 7) is 1.96. The molecule has 0 saturated carbocycles. The smallest absolute Gasteiger partial charge is 0.280 e. The van der Waals surface area contributed by atoms with Gasteiger partial charge < -0.3 is 5.32 Å². The Morgan fingerprint density at radius 3 is 2.67 bits per heavy atom. The minimum Gasteiger partial charge on any atom is -0.320 e. The van der Waals surface area contributed by atoms with Crippen molar-refractivity contribution in [1.29, 1.82) is 0 Å². The SMILES string of the molecule is Cc1cccc(-n2ccc(=O)c(C(=O)Nc3cccc(Cl)c3)n2)c1. The molecule has 0 unspecified atom stereocenters. The van der Waals surface area contributed by atoms with Crippen LogP contribution in [0.15, 0.2) is 65.6 Å². The summed E-state index contributed by atoms with van der Waals surface area (Å²) in [4.78, 5) is 24.4. The molecule has 1 N–H and O–H groups in total. The molecule has 0 radical (unpaired) electrons. The van der Waals surface area contributed by atoms with E-state index in [0.29, 0.717) is 10.7 Å². The van der Waals surface area contributed by atoms with Gasteiger partial charge >= 0.3 is 0 Å². The fraction of sp³-hybridized carbons (Fsp3) is 0.0556. The summed E-state index contributed by atoms with van der Waals surface area (Å²) in [7, 11) is 0. The minimum atomic E-state index is -0.579. The average molecular weight is 340 g/mol. The van der Waals surface area contributed by atoms with Crippen LogP contribution < -0.4 is 10.7 Å². The first-order chi connectivity index (χ1) is 11.5. The van der Waals surface area contributed by atoms with E-state index in [1.165, 1.54) is 16.9 Å². The van der Waals surface area contributed by atoms with Crippen LogP contribution in [0.25, 0.3) is 5.69 Å². The van der Waals surface area contributed by atoms with Crippen molar-refractivity contribution in [2.45, 2.75) is 6.92 Å². The lowest BCUT2D eigenvalue weighted by Crippen LogP contribution is -2.25. The van der Waals surface area contributed by atoms with Gasteiger partial charge in [0.25, 0.3) is 5.91 Å². The number of aromatic nitrogens is 2. The maximum absolute atomic E-state index is 12.4. The Morgan fingerprint density at radius 1 is 1.12 bits per heavy atom. The normalized spacial score (nSPS) is 10.4. The van der Waals surface area contributed by atoms with Crippen molar-refractivity contribution in [3.8, 4) is 5.69 Å². The van der Waals surface area contributed by atoms with Crippen molar-refractivity contribution in [3.63, 3.8) is 0 Å². The van der Waals surface area contributed by atoms with Gasteiger partial charge in [-0.1, -0.05) is 29.8 Å².